The minimum absolute atomic E-state index is 0.111. The number of hydrogen-bond donors (Lipinski definition) is 2. The Morgan fingerprint density at radius 1 is 0.950 bits per heavy atom. The molecule has 1 heterocycles. The van der Waals surface area contributed by atoms with Crippen LogP contribution >= 0.6 is 0 Å². The summed E-state index contributed by atoms with van der Waals surface area (Å²) in [4.78, 5) is 25.4. The first-order valence-corrected chi connectivity index (χ1v) is 13.3. The van der Waals surface area contributed by atoms with E-state index in [0.717, 1.165) is 11.6 Å². The predicted molar refractivity (Wildman–Crippen MR) is 153 cm³/mol. The zero-order chi connectivity index (χ0) is 29.7. The number of aromatic nitrogens is 1. The lowest BCUT2D eigenvalue weighted by atomic mass is 10.0. The highest BCUT2D eigenvalue weighted by Crippen LogP contribution is 2.21. The molecule has 0 bridgehead atoms. The molecular formula is C31H39F2N3O4. The van der Waals surface area contributed by atoms with E-state index in [1.54, 1.807) is 18.2 Å². The summed E-state index contributed by atoms with van der Waals surface area (Å²) in [5.74, 6) is -1.52. The van der Waals surface area contributed by atoms with E-state index < -0.39 is 28.9 Å². The van der Waals surface area contributed by atoms with Crippen molar-refractivity contribution in [2.75, 3.05) is 18.9 Å². The SMILES string of the molecule is CC(C)(C)OC[C@H](NCCc1ccc(-n2c(N)c(Cc3ccc(F)cc3F)ccc2=O)cc1)C(=O)OC(C)(C)C. The number of ether oxygens (including phenoxy) is 2. The predicted octanol–water partition coefficient (Wildman–Crippen LogP) is 4.95. The number of esters is 1. The van der Waals surface area contributed by atoms with Crippen LogP contribution < -0.4 is 16.6 Å². The van der Waals surface area contributed by atoms with Crippen molar-refractivity contribution in [1.29, 1.82) is 0 Å². The molecule has 3 aromatic rings. The van der Waals surface area contributed by atoms with Crippen LogP contribution in [-0.4, -0.2) is 40.9 Å². The number of benzene rings is 2. The van der Waals surface area contributed by atoms with Gasteiger partial charge in [-0.15, -0.1) is 0 Å². The van der Waals surface area contributed by atoms with Gasteiger partial charge in [-0.2, -0.15) is 0 Å². The number of halogens is 2. The van der Waals surface area contributed by atoms with Crippen molar-refractivity contribution in [3.05, 3.63) is 93.3 Å². The Bertz CT molecular complexity index is 1370. The van der Waals surface area contributed by atoms with E-state index in [1.165, 1.54) is 22.8 Å². The molecule has 3 N–H and O–H groups in total. The Hall–Kier alpha value is -3.56. The number of rotatable bonds is 10. The summed E-state index contributed by atoms with van der Waals surface area (Å²) < 4.78 is 40.2. The minimum Gasteiger partial charge on any atom is -0.459 e. The monoisotopic (exact) mass is 555 g/mol. The van der Waals surface area contributed by atoms with Gasteiger partial charge >= 0.3 is 5.97 Å². The molecule has 0 fully saturated rings. The highest BCUT2D eigenvalue weighted by atomic mass is 19.1. The maximum Gasteiger partial charge on any atom is 0.326 e. The molecule has 216 valence electrons. The van der Waals surface area contributed by atoms with Crippen LogP contribution in [0.15, 0.2) is 59.4 Å². The van der Waals surface area contributed by atoms with E-state index in [4.69, 9.17) is 15.2 Å². The van der Waals surface area contributed by atoms with E-state index >= 15 is 0 Å². The summed E-state index contributed by atoms with van der Waals surface area (Å²) in [7, 11) is 0. The first-order valence-electron chi connectivity index (χ1n) is 13.3. The first kappa shape index (κ1) is 31.0. The molecule has 0 spiro atoms. The molecular weight excluding hydrogens is 516 g/mol. The van der Waals surface area contributed by atoms with Crippen molar-refractivity contribution in [3.8, 4) is 5.69 Å². The highest BCUT2D eigenvalue weighted by Gasteiger charge is 2.26. The van der Waals surface area contributed by atoms with Gasteiger partial charge < -0.3 is 20.5 Å². The number of nitrogens with one attached hydrogen (secondary N) is 1. The molecule has 3 rings (SSSR count). The molecule has 0 aliphatic heterocycles. The van der Waals surface area contributed by atoms with Crippen molar-refractivity contribution in [2.45, 2.75) is 71.6 Å². The summed E-state index contributed by atoms with van der Waals surface area (Å²) >= 11 is 0. The van der Waals surface area contributed by atoms with Gasteiger partial charge in [0, 0.05) is 25.1 Å². The van der Waals surface area contributed by atoms with E-state index in [1.807, 2.05) is 53.7 Å². The van der Waals surface area contributed by atoms with Crippen molar-refractivity contribution >= 4 is 11.8 Å². The van der Waals surface area contributed by atoms with Crippen molar-refractivity contribution in [1.82, 2.24) is 9.88 Å². The summed E-state index contributed by atoms with van der Waals surface area (Å²) in [6.07, 6.45) is 0.725. The van der Waals surface area contributed by atoms with Gasteiger partial charge in [0.1, 0.15) is 29.1 Å². The summed E-state index contributed by atoms with van der Waals surface area (Å²) in [6, 6.07) is 13.0. The third-order valence-electron chi connectivity index (χ3n) is 5.99. The smallest absolute Gasteiger partial charge is 0.326 e. The molecule has 0 saturated carbocycles. The number of anilines is 1. The number of nitrogens with two attached hydrogens (primary N) is 1. The topological polar surface area (TPSA) is 95.6 Å². The Labute approximate surface area is 234 Å². The largest absolute Gasteiger partial charge is 0.459 e. The third kappa shape index (κ3) is 8.99. The minimum atomic E-state index is -0.672. The van der Waals surface area contributed by atoms with Gasteiger partial charge in [-0.1, -0.05) is 18.2 Å². The van der Waals surface area contributed by atoms with Crippen LogP contribution in [0.25, 0.3) is 5.69 Å². The zero-order valence-electron chi connectivity index (χ0n) is 24.0. The van der Waals surface area contributed by atoms with E-state index in [2.05, 4.69) is 5.32 Å². The maximum atomic E-state index is 14.2. The number of hydrogen-bond acceptors (Lipinski definition) is 6. The average molecular weight is 556 g/mol. The fourth-order valence-electron chi connectivity index (χ4n) is 4.00. The van der Waals surface area contributed by atoms with Gasteiger partial charge in [0.25, 0.3) is 5.56 Å². The van der Waals surface area contributed by atoms with Crippen LogP contribution in [0.5, 0.6) is 0 Å². The van der Waals surface area contributed by atoms with Crippen LogP contribution in [0.3, 0.4) is 0 Å². The van der Waals surface area contributed by atoms with Gasteiger partial charge in [-0.05, 0) is 88.9 Å². The van der Waals surface area contributed by atoms with Crippen LogP contribution in [0.2, 0.25) is 0 Å². The summed E-state index contributed by atoms with van der Waals surface area (Å²) in [5.41, 5.74) is 7.35. The maximum absolute atomic E-state index is 14.2. The Morgan fingerprint density at radius 3 is 2.20 bits per heavy atom. The molecule has 7 nitrogen and oxygen atoms in total. The fraction of sp³-hybridized carbons (Fsp3) is 0.419. The van der Waals surface area contributed by atoms with E-state index in [9.17, 15) is 18.4 Å². The molecule has 0 unspecified atom stereocenters. The molecule has 1 atom stereocenters. The molecule has 0 aliphatic carbocycles. The first-order chi connectivity index (χ1) is 18.6. The lowest BCUT2D eigenvalue weighted by Crippen LogP contribution is -2.46. The second-order valence-electron chi connectivity index (χ2n) is 11.7. The number of pyridine rings is 1. The normalized spacial score (nSPS) is 12.8. The highest BCUT2D eigenvalue weighted by molar-refractivity contribution is 5.76. The number of carbonyl (C=O) groups is 1. The lowest BCUT2D eigenvalue weighted by molar-refractivity contribution is -0.160. The second kappa shape index (κ2) is 12.7. The van der Waals surface area contributed by atoms with Gasteiger partial charge in [0.05, 0.1) is 17.9 Å². The number of nitrogen functional groups attached to an aromatic ring is 1. The second-order valence-corrected chi connectivity index (χ2v) is 11.7. The molecule has 0 saturated heterocycles. The van der Waals surface area contributed by atoms with E-state index in [0.29, 0.717) is 24.2 Å². The van der Waals surface area contributed by atoms with Crippen molar-refractivity contribution in [3.63, 3.8) is 0 Å². The van der Waals surface area contributed by atoms with Gasteiger partial charge in [0.15, 0.2) is 0 Å². The molecule has 2 aromatic carbocycles. The Morgan fingerprint density at radius 2 is 1.60 bits per heavy atom. The molecule has 1 aromatic heterocycles. The number of nitrogens with zero attached hydrogens (tertiary/aromatic N) is 1. The molecule has 0 amide bonds. The summed E-state index contributed by atoms with van der Waals surface area (Å²) in [5, 5.41) is 3.24. The molecule has 0 radical (unpaired) electrons. The Kier molecular flexibility index (Phi) is 9.87. The van der Waals surface area contributed by atoms with Gasteiger partial charge in [-0.3, -0.25) is 14.2 Å². The molecule has 40 heavy (non-hydrogen) atoms. The lowest BCUT2D eigenvalue weighted by Gasteiger charge is -2.27. The summed E-state index contributed by atoms with van der Waals surface area (Å²) in [6.45, 7) is 11.9. The zero-order valence-corrected chi connectivity index (χ0v) is 24.0. The average Bonchev–Trinajstić information content (AvgIpc) is 2.83. The van der Waals surface area contributed by atoms with Gasteiger partial charge in [-0.25, -0.2) is 8.78 Å². The number of carbonyl (C=O) groups excluding carboxylic acids is 1. The van der Waals surface area contributed by atoms with Crippen molar-refractivity contribution in [2.24, 2.45) is 0 Å². The third-order valence-corrected chi connectivity index (χ3v) is 5.99. The Balaban J connectivity index is 1.70. The quantitative estimate of drug-likeness (QED) is 0.344. The van der Waals surface area contributed by atoms with Gasteiger partial charge in [0.2, 0.25) is 0 Å². The molecule has 9 heteroatoms. The van der Waals surface area contributed by atoms with Crippen LogP contribution in [-0.2, 0) is 27.1 Å². The van der Waals surface area contributed by atoms with Crippen LogP contribution in [0.1, 0.15) is 58.2 Å². The molecule has 0 aliphatic rings. The van der Waals surface area contributed by atoms with Crippen LogP contribution in [0, 0.1) is 11.6 Å². The van der Waals surface area contributed by atoms with Crippen LogP contribution in [0.4, 0.5) is 14.6 Å². The van der Waals surface area contributed by atoms with E-state index in [-0.39, 0.29) is 35.9 Å². The fourth-order valence-corrected chi connectivity index (χ4v) is 4.00. The standard InChI is InChI=1S/C31H39F2N3O4/c1-30(2,3)39-19-26(29(38)40-31(4,5)6)35-16-15-20-7-12-24(13-8-20)36-27(37)14-10-22(28(36)34)17-21-9-11-23(32)18-25(21)33/h7-14,18,26,35H,15-17,19,34H2,1-6H3/t26-/m0/s1. The van der Waals surface area contributed by atoms with Crippen molar-refractivity contribution < 1.29 is 23.0 Å².